The Kier molecular flexibility index (Phi) is 6.35. The number of imide groups is 1. The van der Waals surface area contributed by atoms with Gasteiger partial charge in [0.05, 0.1) is 5.69 Å². The second-order valence-electron chi connectivity index (χ2n) is 7.64. The van der Waals surface area contributed by atoms with E-state index in [1.165, 1.54) is 0 Å². The Hall–Kier alpha value is -3.42. The molecule has 1 aliphatic rings. The fourth-order valence-electron chi connectivity index (χ4n) is 3.51. The third kappa shape index (κ3) is 4.84. The second-order valence-corrected chi connectivity index (χ2v) is 8.94. The number of anilines is 3. The highest BCUT2D eigenvalue weighted by Crippen LogP contribution is 2.31. The maximum absolute atomic E-state index is 13.0. The summed E-state index contributed by atoms with van der Waals surface area (Å²) in [6.45, 7) is 3.79. The van der Waals surface area contributed by atoms with Crippen LogP contribution in [0.15, 0.2) is 81.9 Å². The molecule has 4 rings (SSSR count). The maximum Gasteiger partial charge on any atom is 0.283 e. The van der Waals surface area contributed by atoms with Crippen LogP contribution in [0.5, 0.6) is 0 Å². The van der Waals surface area contributed by atoms with Gasteiger partial charge in [-0.3, -0.25) is 14.4 Å². The monoisotopic (exact) mass is 523 g/mol. The van der Waals surface area contributed by atoms with E-state index in [-0.39, 0.29) is 16.6 Å². The normalized spacial score (nSPS) is 13.5. The van der Waals surface area contributed by atoms with E-state index in [4.69, 9.17) is 11.6 Å². The van der Waals surface area contributed by atoms with E-state index in [9.17, 15) is 14.4 Å². The summed E-state index contributed by atoms with van der Waals surface area (Å²) in [6.07, 6.45) is 0. The van der Waals surface area contributed by atoms with E-state index < -0.39 is 11.8 Å². The minimum Gasteiger partial charge on any atom is -0.350 e. The van der Waals surface area contributed by atoms with E-state index in [0.717, 1.165) is 20.5 Å². The molecule has 0 atom stereocenters. The molecule has 1 aliphatic heterocycles. The molecular formula is C25H19BrClN3O3. The first kappa shape index (κ1) is 22.8. The molecule has 0 bridgehead atoms. The van der Waals surface area contributed by atoms with E-state index in [0.29, 0.717) is 22.6 Å². The van der Waals surface area contributed by atoms with Gasteiger partial charge >= 0.3 is 0 Å². The number of halogens is 2. The first-order valence-electron chi connectivity index (χ1n) is 10.0. The molecule has 0 unspecified atom stereocenters. The van der Waals surface area contributed by atoms with Gasteiger partial charge in [-0.15, -0.1) is 0 Å². The molecule has 0 spiro atoms. The minimum absolute atomic E-state index is 0.00658. The van der Waals surface area contributed by atoms with Crippen LogP contribution in [0.1, 0.15) is 21.5 Å². The quantitative estimate of drug-likeness (QED) is 0.416. The molecule has 0 aliphatic carbocycles. The third-order valence-corrected chi connectivity index (χ3v) is 5.89. The van der Waals surface area contributed by atoms with Crippen LogP contribution in [0, 0.1) is 13.8 Å². The van der Waals surface area contributed by atoms with Crippen LogP contribution in [-0.2, 0) is 9.59 Å². The number of nitrogens with one attached hydrogen (secondary N) is 2. The van der Waals surface area contributed by atoms with Gasteiger partial charge in [-0.05, 0) is 85.6 Å². The van der Waals surface area contributed by atoms with Crippen LogP contribution in [0.3, 0.4) is 0 Å². The summed E-state index contributed by atoms with van der Waals surface area (Å²) in [5.41, 5.74) is 3.95. The number of rotatable bonds is 5. The smallest absolute Gasteiger partial charge is 0.283 e. The molecular weight excluding hydrogens is 506 g/mol. The summed E-state index contributed by atoms with van der Waals surface area (Å²) in [4.78, 5) is 39.2. The van der Waals surface area contributed by atoms with Gasteiger partial charge in [-0.1, -0.05) is 33.6 Å². The zero-order valence-corrected chi connectivity index (χ0v) is 20.1. The number of aryl methyl sites for hydroxylation is 2. The molecule has 0 fully saturated rings. The van der Waals surface area contributed by atoms with Gasteiger partial charge in [-0.25, -0.2) is 4.90 Å². The predicted molar refractivity (Wildman–Crippen MR) is 133 cm³/mol. The highest BCUT2D eigenvalue weighted by molar-refractivity contribution is 9.10. The standard InChI is InChI=1S/C25H19BrClN3O3/c1-14-11-15(2)13-20(12-14)30-24(32)21(27)22(25(30)33)28-18-7-3-16(4-8-18)23(31)29-19-9-5-17(26)6-10-19/h3-13,28H,1-2H3,(H,29,31). The summed E-state index contributed by atoms with van der Waals surface area (Å²) < 4.78 is 0.917. The lowest BCUT2D eigenvalue weighted by atomic mass is 10.1. The van der Waals surface area contributed by atoms with Crippen molar-refractivity contribution in [2.75, 3.05) is 15.5 Å². The Bertz CT molecular complexity index is 1280. The fraction of sp³-hybridized carbons (Fsp3) is 0.0800. The molecule has 8 heteroatoms. The highest BCUT2D eigenvalue weighted by Gasteiger charge is 2.39. The number of carbonyl (C=O) groups excluding carboxylic acids is 3. The van der Waals surface area contributed by atoms with Crippen molar-refractivity contribution in [3.05, 3.63) is 98.6 Å². The number of hydrogen-bond acceptors (Lipinski definition) is 4. The molecule has 0 radical (unpaired) electrons. The Morgan fingerprint density at radius 2 is 1.42 bits per heavy atom. The molecule has 166 valence electrons. The van der Waals surface area contributed by atoms with Gasteiger partial charge in [0.25, 0.3) is 17.7 Å². The lowest BCUT2D eigenvalue weighted by Crippen LogP contribution is -2.32. The molecule has 0 saturated heterocycles. The number of carbonyl (C=O) groups is 3. The lowest BCUT2D eigenvalue weighted by molar-refractivity contribution is -0.120. The van der Waals surface area contributed by atoms with Crippen molar-refractivity contribution in [3.8, 4) is 0 Å². The molecule has 0 saturated carbocycles. The van der Waals surface area contributed by atoms with Crippen molar-refractivity contribution in [1.82, 2.24) is 0 Å². The van der Waals surface area contributed by atoms with E-state index >= 15 is 0 Å². The zero-order valence-electron chi connectivity index (χ0n) is 17.8. The average Bonchev–Trinajstić information content (AvgIpc) is 2.98. The lowest BCUT2D eigenvalue weighted by Gasteiger charge is -2.16. The van der Waals surface area contributed by atoms with Gasteiger partial charge in [0.15, 0.2) is 0 Å². The third-order valence-electron chi connectivity index (χ3n) is 5.01. The zero-order chi connectivity index (χ0) is 23.7. The Morgan fingerprint density at radius 3 is 2.03 bits per heavy atom. The van der Waals surface area contributed by atoms with Gasteiger partial charge in [0, 0.05) is 21.4 Å². The molecule has 3 aromatic carbocycles. The van der Waals surface area contributed by atoms with Gasteiger partial charge in [0.1, 0.15) is 10.7 Å². The molecule has 3 amide bonds. The summed E-state index contributed by atoms with van der Waals surface area (Å²) in [6, 6.07) is 19.2. The van der Waals surface area contributed by atoms with Crippen molar-refractivity contribution >= 4 is 62.3 Å². The first-order valence-corrected chi connectivity index (χ1v) is 11.2. The fourth-order valence-corrected chi connectivity index (χ4v) is 3.99. The Labute approximate surface area is 204 Å². The molecule has 33 heavy (non-hydrogen) atoms. The van der Waals surface area contributed by atoms with Crippen molar-refractivity contribution < 1.29 is 14.4 Å². The summed E-state index contributed by atoms with van der Waals surface area (Å²) in [7, 11) is 0. The van der Waals surface area contributed by atoms with Gasteiger partial charge < -0.3 is 10.6 Å². The summed E-state index contributed by atoms with van der Waals surface area (Å²) >= 11 is 9.57. The number of hydrogen-bond donors (Lipinski definition) is 2. The topological polar surface area (TPSA) is 78.5 Å². The van der Waals surface area contributed by atoms with Crippen molar-refractivity contribution in [2.24, 2.45) is 0 Å². The Morgan fingerprint density at radius 1 is 0.848 bits per heavy atom. The predicted octanol–water partition coefficient (Wildman–Crippen LogP) is 5.75. The van der Waals surface area contributed by atoms with Gasteiger partial charge in [0.2, 0.25) is 0 Å². The number of benzene rings is 3. The average molecular weight is 525 g/mol. The number of amides is 3. The van der Waals surface area contributed by atoms with Crippen LogP contribution in [0.4, 0.5) is 17.1 Å². The molecule has 2 N–H and O–H groups in total. The van der Waals surface area contributed by atoms with Crippen LogP contribution in [-0.4, -0.2) is 17.7 Å². The maximum atomic E-state index is 13.0. The van der Waals surface area contributed by atoms with E-state index in [1.54, 1.807) is 48.5 Å². The molecule has 3 aromatic rings. The highest BCUT2D eigenvalue weighted by atomic mass is 79.9. The second kappa shape index (κ2) is 9.21. The summed E-state index contributed by atoms with van der Waals surface area (Å²) in [5, 5.41) is 5.55. The molecule has 0 aromatic heterocycles. The number of nitrogens with zero attached hydrogens (tertiary/aromatic N) is 1. The molecule has 6 nitrogen and oxygen atoms in total. The summed E-state index contributed by atoms with van der Waals surface area (Å²) in [5.74, 6) is -1.39. The van der Waals surface area contributed by atoms with Crippen molar-refractivity contribution in [1.29, 1.82) is 0 Å². The Balaban J connectivity index is 1.49. The van der Waals surface area contributed by atoms with Gasteiger partial charge in [-0.2, -0.15) is 0 Å². The first-order chi connectivity index (χ1) is 15.7. The van der Waals surface area contributed by atoms with Crippen molar-refractivity contribution in [2.45, 2.75) is 13.8 Å². The van der Waals surface area contributed by atoms with Crippen LogP contribution >= 0.6 is 27.5 Å². The largest absolute Gasteiger partial charge is 0.350 e. The van der Waals surface area contributed by atoms with E-state index in [1.807, 2.05) is 32.0 Å². The van der Waals surface area contributed by atoms with Crippen LogP contribution < -0.4 is 15.5 Å². The van der Waals surface area contributed by atoms with Crippen molar-refractivity contribution in [3.63, 3.8) is 0 Å². The van der Waals surface area contributed by atoms with E-state index in [2.05, 4.69) is 26.6 Å². The van der Waals surface area contributed by atoms with Crippen LogP contribution in [0.2, 0.25) is 0 Å². The van der Waals surface area contributed by atoms with Crippen LogP contribution in [0.25, 0.3) is 0 Å². The molecule has 1 heterocycles. The SMILES string of the molecule is Cc1cc(C)cc(N2C(=O)C(Cl)=C(Nc3ccc(C(=O)Nc4ccc(Br)cc4)cc3)C2=O)c1. The minimum atomic E-state index is -0.584.